The number of sulfonamides is 1. The van der Waals surface area contributed by atoms with Crippen LogP contribution in [-0.2, 0) is 14.8 Å². The third-order valence-electron chi connectivity index (χ3n) is 3.60. The van der Waals surface area contributed by atoms with Crippen LogP contribution in [-0.4, -0.2) is 26.6 Å². The Morgan fingerprint density at radius 2 is 2.00 bits per heavy atom. The summed E-state index contributed by atoms with van der Waals surface area (Å²) in [5, 5.41) is 0. The summed E-state index contributed by atoms with van der Waals surface area (Å²) >= 11 is 0. The summed E-state index contributed by atoms with van der Waals surface area (Å²) in [7, 11) is -3.16. The number of benzene rings is 1. The fourth-order valence-electron chi connectivity index (χ4n) is 2.56. The lowest BCUT2D eigenvalue weighted by Gasteiger charge is -2.18. The Morgan fingerprint density at radius 3 is 2.45 bits per heavy atom. The van der Waals surface area contributed by atoms with E-state index in [0.717, 1.165) is 12.0 Å². The quantitative estimate of drug-likeness (QED) is 0.896. The molecule has 2 rings (SSSR count). The molecule has 110 valence electrons. The maximum Gasteiger partial charge on any atom is 0.235 e. The molecule has 0 saturated carbocycles. The second-order valence-corrected chi connectivity index (χ2v) is 7.09. The van der Waals surface area contributed by atoms with Gasteiger partial charge in [0, 0.05) is 6.54 Å². The van der Waals surface area contributed by atoms with Gasteiger partial charge < -0.3 is 5.73 Å². The lowest BCUT2D eigenvalue weighted by Crippen LogP contribution is -2.25. The minimum Gasteiger partial charge on any atom is -0.369 e. The van der Waals surface area contributed by atoms with Crippen LogP contribution in [0.2, 0.25) is 0 Å². The van der Waals surface area contributed by atoms with Crippen molar-refractivity contribution in [2.75, 3.05) is 16.6 Å². The molecule has 6 heteroatoms. The average molecular weight is 296 g/mol. The van der Waals surface area contributed by atoms with Gasteiger partial charge in [0.2, 0.25) is 15.9 Å². The summed E-state index contributed by atoms with van der Waals surface area (Å²) in [6, 6.07) is 7.11. The van der Waals surface area contributed by atoms with Gasteiger partial charge in [-0.25, -0.2) is 8.42 Å². The molecule has 1 atom stereocenters. The van der Waals surface area contributed by atoms with E-state index in [1.165, 1.54) is 4.31 Å². The van der Waals surface area contributed by atoms with E-state index in [-0.39, 0.29) is 17.6 Å². The van der Waals surface area contributed by atoms with Crippen LogP contribution in [0, 0.1) is 0 Å². The number of primary amides is 1. The van der Waals surface area contributed by atoms with Gasteiger partial charge in [-0.05, 0) is 30.5 Å². The van der Waals surface area contributed by atoms with E-state index in [9.17, 15) is 13.2 Å². The minimum atomic E-state index is -3.16. The summed E-state index contributed by atoms with van der Waals surface area (Å²) in [4.78, 5) is 11.5. The van der Waals surface area contributed by atoms with Crippen LogP contribution >= 0.6 is 0 Å². The number of hydrogen-bond acceptors (Lipinski definition) is 3. The average Bonchev–Trinajstić information content (AvgIpc) is 2.75. The molecule has 2 N–H and O–H groups in total. The molecule has 1 unspecified atom stereocenters. The zero-order valence-corrected chi connectivity index (χ0v) is 12.4. The third kappa shape index (κ3) is 2.95. The first kappa shape index (κ1) is 14.8. The van der Waals surface area contributed by atoms with Gasteiger partial charge in [0.25, 0.3) is 0 Å². The Balaban J connectivity index is 2.24. The van der Waals surface area contributed by atoms with Crippen molar-refractivity contribution in [3.05, 3.63) is 29.8 Å². The third-order valence-corrected chi connectivity index (χ3v) is 5.47. The highest BCUT2D eigenvalue weighted by Crippen LogP contribution is 2.27. The first-order chi connectivity index (χ1) is 9.45. The Labute approximate surface area is 119 Å². The minimum absolute atomic E-state index is 0.203. The predicted molar refractivity (Wildman–Crippen MR) is 79.0 cm³/mol. The Morgan fingerprint density at radius 1 is 1.35 bits per heavy atom. The molecule has 5 nitrogen and oxygen atoms in total. The first-order valence-electron chi connectivity index (χ1n) is 6.85. The van der Waals surface area contributed by atoms with Crippen LogP contribution in [0.5, 0.6) is 0 Å². The Kier molecular flexibility index (Phi) is 4.32. The van der Waals surface area contributed by atoms with Crippen LogP contribution in [0.4, 0.5) is 5.69 Å². The van der Waals surface area contributed by atoms with E-state index < -0.39 is 10.0 Å². The maximum atomic E-state index is 11.8. The van der Waals surface area contributed by atoms with Crippen molar-refractivity contribution in [3.63, 3.8) is 0 Å². The number of nitrogens with zero attached hydrogens (tertiary/aromatic N) is 1. The smallest absolute Gasteiger partial charge is 0.235 e. The summed E-state index contributed by atoms with van der Waals surface area (Å²) in [5.41, 5.74) is 6.92. The molecule has 1 aromatic rings. The Hall–Kier alpha value is -1.56. The molecule has 1 heterocycles. The van der Waals surface area contributed by atoms with Gasteiger partial charge in [-0.3, -0.25) is 9.10 Å². The van der Waals surface area contributed by atoms with Crippen molar-refractivity contribution in [3.8, 4) is 0 Å². The summed E-state index contributed by atoms with van der Waals surface area (Å²) < 4.78 is 25.1. The van der Waals surface area contributed by atoms with Crippen LogP contribution in [0.25, 0.3) is 0 Å². The molecule has 0 bridgehead atoms. The molecule has 1 fully saturated rings. The van der Waals surface area contributed by atoms with Crippen molar-refractivity contribution in [2.45, 2.75) is 32.1 Å². The zero-order chi connectivity index (χ0) is 14.8. The molecular weight excluding hydrogens is 276 g/mol. The molecule has 1 amide bonds. The monoisotopic (exact) mass is 296 g/mol. The SMILES string of the molecule is CCCC(C(N)=O)c1ccc(N2CCCS2(=O)=O)cc1. The second-order valence-electron chi connectivity index (χ2n) is 5.08. The summed E-state index contributed by atoms with van der Waals surface area (Å²) in [5.74, 6) is -0.438. The molecule has 1 aliphatic rings. The predicted octanol–water partition coefficient (Wildman–Crippen LogP) is 1.60. The van der Waals surface area contributed by atoms with Gasteiger partial charge in [0.05, 0.1) is 17.4 Å². The fraction of sp³-hybridized carbons (Fsp3) is 0.500. The number of nitrogens with two attached hydrogens (primary N) is 1. The number of carbonyl (C=O) groups is 1. The molecule has 0 aliphatic carbocycles. The number of rotatable bonds is 5. The van der Waals surface area contributed by atoms with Gasteiger partial charge in [0.1, 0.15) is 0 Å². The van der Waals surface area contributed by atoms with E-state index >= 15 is 0 Å². The topological polar surface area (TPSA) is 80.5 Å². The van der Waals surface area contributed by atoms with Gasteiger partial charge in [0.15, 0.2) is 0 Å². The fourth-order valence-corrected chi connectivity index (χ4v) is 4.13. The van der Waals surface area contributed by atoms with Gasteiger partial charge in [-0.15, -0.1) is 0 Å². The molecule has 1 aromatic carbocycles. The molecular formula is C14H20N2O3S. The first-order valence-corrected chi connectivity index (χ1v) is 8.46. The highest BCUT2D eigenvalue weighted by atomic mass is 32.2. The van der Waals surface area contributed by atoms with Crippen LogP contribution in [0.1, 0.15) is 37.7 Å². The van der Waals surface area contributed by atoms with Crippen molar-refractivity contribution >= 4 is 21.6 Å². The van der Waals surface area contributed by atoms with E-state index in [1.54, 1.807) is 24.3 Å². The lowest BCUT2D eigenvalue weighted by molar-refractivity contribution is -0.119. The maximum absolute atomic E-state index is 11.8. The zero-order valence-electron chi connectivity index (χ0n) is 11.6. The van der Waals surface area contributed by atoms with E-state index in [1.807, 2.05) is 6.92 Å². The van der Waals surface area contributed by atoms with Crippen molar-refractivity contribution in [2.24, 2.45) is 5.73 Å². The highest BCUT2D eigenvalue weighted by molar-refractivity contribution is 7.93. The molecule has 20 heavy (non-hydrogen) atoms. The molecule has 0 radical (unpaired) electrons. The van der Waals surface area contributed by atoms with Crippen molar-refractivity contribution in [1.82, 2.24) is 0 Å². The summed E-state index contributed by atoms with van der Waals surface area (Å²) in [6.45, 7) is 2.52. The lowest BCUT2D eigenvalue weighted by atomic mass is 9.94. The standard InChI is InChI=1S/C14H20N2O3S/c1-2-4-13(14(15)17)11-5-7-12(8-6-11)16-9-3-10-20(16,18)19/h5-8,13H,2-4,9-10H2,1H3,(H2,15,17). The van der Waals surface area contributed by atoms with Gasteiger partial charge >= 0.3 is 0 Å². The second kappa shape index (κ2) is 5.83. The molecule has 1 aliphatic heterocycles. The van der Waals surface area contributed by atoms with E-state index in [0.29, 0.717) is 25.1 Å². The van der Waals surface area contributed by atoms with E-state index in [4.69, 9.17) is 5.73 Å². The van der Waals surface area contributed by atoms with Gasteiger partial charge in [-0.2, -0.15) is 0 Å². The molecule has 1 saturated heterocycles. The van der Waals surface area contributed by atoms with Crippen molar-refractivity contribution < 1.29 is 13.2 Å². The number of hydrogen-bond donors (Lipinski definition) is 1. The summed E-state index contributed by atoms with van der Waals surface area (Å²) in [6.07, 6.45) is 2.23. The normalized spacial score (nSPS) is 18.9. The van der Waals surface area contributed by atoms with Crippen LogP contribution in [0.15, 0.2) is 24.3 Å². The van der Waals surface area contributed by atoms with Crippen LogP contribution < -0.4 is 10.0 Å². The largest absolute Gasteiger partial charge is 0.369 e. The van der Waals surface area contributed by atoms with Crippen molar-refractivity contribution in [1.29, 1.82) is 0 Å². The van der Waals surface area contributed by atoms with E-state index in [2.05, 4.69) is 0 Å². The van der Waals surface area contributed by atoms with Gasteiger partial charge in [-0.1, -0.05) is 25.5 Å². The molecule has 0 spiro atoms. The molecule has 0 aromatic heterocycles. The number of carbonyl (C=O) groups excluding carboxylic acids is 1. The van der Waals surface area contributed by atoms with Crippen LogP contribution in [0.3, 0.4) is 0 Å². The number of anilines is 1. The highest BCUT2D eigenvalue weighted by Gasteiger charge is 2.28. The number of amides is 1. The Bertz CT molecular complexity index is 581.